The molecule has 7 heteroatoms. The van der Waals surface area contributed by atoms with Crippen molar-refractivity contribution in [3.8, 4) is 0 Å². The van der Waals surface area contributed by atoms with Crippen LogP contribution in [-0.2, 0) is 7.05 Å². The van der Waals surface area contributed by atoms with Gasteiger partial charge in [-0.05, 0) is 50.2 Å². The molecule has 0 saturated carbocycles. The molecule has 7 nitrogen and oxygen atoms in total. The van der Waals surface area contributed by atoms with E-state index < -0.39 is 0 Å². The minimum Gasteiger partial charge on any atom is -0.341 e. The van der Waals surface area contributed by atoms with Crippen LogP contribution in [-0.4, -0.2) is 56.7 Å². The van der Waals surface area contributed by atoms with E-state index in [4.69, 9.17) is 0 Å². The standard InChI is InChI=1S/C19H26N6O/c1-14-12-17(23(2)22-14)18(26)25-11-6-16(13-25)15-4-9-24(10-5-15)19-20-7-3-8-21-19/h3,7-8,12,15-16H,4-6,9-11,13H2,1-2H3/t16-/m1/s1. The number of amides is 1. The first kappa shape index (κ1) is 17.0. The zero-order valence-corrected chi connectivity index (χ0v) is 15.5. The molecule has 0 aliphatic carbocycles. The molecule has 4 heterocycles. The van der Waals surface area contributed by atoms with Gasteiger partial charge in [0.1, 0.15) is 5.69 Å². The number of hydrogen-bond acceptors (Lipinski definition) is 5. The first-order chi connectivity index (χ1) is 12.6. The van der Waals surface area contributed by atoms with Gasteiger partial charge in [0, 0.05) is 45.6 Å². The summed E-state index contributed by atoms with van der Waals surface area (Å²) in [6, 6.07) is 3.73. The number of hydrogen-bond donors (Lipinski definition) is 0. The lowest BCUT2D eigenvalue weighted by atomic mass is 9.84. The van der Waals surface area contributed by atoms with Crippen molar-refractivity contribution in [1.29, 1.82) is 0 Å². The molecule has 0 spiro atoms. The average Bonchev–Trinajstić information content (AvgIpc) is 3.29. The highest BCUT2D eigenvalue weighted by Gasteiger charge is 2.35. The summed E-state index contributed by atoms with van der Waals surface area (Å²) in [5.74, 6) is 2.24. The Kier molecular flexibility index (Phi) is 4.61. The van der Waals surface area contributed by atoms with E-state index in [1.807, 2.05) is 31.0 Å². The predicted octanol–water partition coefficient (Wildman–Crippen LogP) is 1.90. The lowest BCUT2D eigenvalue weighted by Crippen LogP contribution is -2.38. The number of carbonyl (C=O) groups is 1. The van der Waals surface area contributed by atoms with Gasteiger partial charge in [-0.15, -0.1) is 0 Å². The summed E-state index contributed by atoms with van der Waals surface area (Å²) < 4.78 is 1.70. The lowest BCUT2D eigenvalue weighted by Gasteiger charge is -2.34. The second kappa shape index (κ2) is 7.05. The maximum Gasteiger partial charge on any atom is 0.272 e. The number of carbonyl (C=O) groups excluding carboxylic acids is 1. The maximum atomic E-state index is 12.8. The molecular weight excluding hydrogens is 328 g/mol. The molecule has 1 amide bonds. The molecule has 0 aromatic carbocycles. The molecule has 1 atom stereocenters. The Morgan fingerprint density at radius 3 is 2.42 bits per heavy atom. The van der Waals surface area contributed by atoms with E-state index in [0.717, 1.165) is 57.1 Å². The van der Waals surface area contributed by atoms with Crippen molar-refractivity contribution in [2.24, 2.45) is 18.9 Å². The van der Waals surface area contributed by atoms with Crippen LogP contribution in [0.3, 0.4) is 0 Å². The second-order valence-electron chi connectivity index (χ2n) is 7.47. The summed E-state index contributed by atoms with van der Waals surface area (Å²) in [5, 5.41) is 4.30. The minimum atomic E-state index is 0.116. The van der Waals surface area contributed by atoms with Crippen LogP contribution < -0.4 is 4.90 Å². The highest BCUT2D eigenvalue weighted by Crippen LogP contribution is 2.33. The Hall–Kier alpha value is -2.44. The van der Waals surface area contributed by atoms with Gasteiger partial charge in [-0.2, -0.15) is 5.10 Å². The molecule has 0 bridgehead atoms. The molecule has 2 saturated heterocycles. The van der Waals surface area contributed by atoms with Crippen LogP contribution in [0.4, 0.5) is 5.95 Å². The molecule has 4 rings (SSSR count). The molecule has 2 aromatic rings. The highest BCUT2D eigenvalue weighted by molar-refractivity contribution is 5.92. The fourth-order valence-corrected chi connectivity index (χ4v) is 4.35. The van der Waals surface area contributed by atoms with Crippen LogP contribution >= 0.6 is 0 Å². The van der Waals surface area contributed by atoms with Crippen molar-refractivity contribution in [2.45, 2.75) is 26.2 Å². The summed E-state index contributed by atoms with van der Waals surface area (Å²) in [5.41, 5.74) is 1.58. The number of aryl methyl sites for hydroxylation is 2. The monoisotopic (exact) mass is 354 g/mol. The Morgan fingerprint density at radius 1 is 1.08 bits per heavy atom. The van der Waals surface area contributed by atoms with E-state index in [1.165, 1.54) is 0 Å². The summed E-state index contributed by atoms with van der Waals surface area (Å²) in [6.07, 6.45) is 7.00. The Morgan fingerprint density at radius 2 is 1.77 bits per heavy atom. The van der Waals surface area contributed by atoms with Crippen molar-refractivity contribution < 1.29 is 4.79 Å². The van der Waals surface area contributed by atoms with Crippen molar-refractivity contribution in [2.75, 3.05) is 31.1 Å². The molecule has 0 N–H and O–H groups in total. The summed E-state index contributed by atoms with van der Waals surface area (Å²) in [4.78, 5) is 25.8. The number of likely N-dealkylation sites (tertiary alicyclic amines) is 1. The third kappa shape index (κ3) is 3.30. The van der Waals surface area contributed by atoms with Crippen LogP contribution in [0, 0.1) is 18.8 Å². The van der Waals surface area contributed by atoms with Gasteiger partial charge in [-0.25, -0.2) is 9.97 Å². The first-order valence-corrected chi connectivity index (χ1v) is 9.43. The lowest BCUT2D eigenvalue weighted by molar-refractivity contribution is 0.0770. The second-order valence-corrected chi connectivity index (χ2v) is 7.47. The number of aromatic nitrogens is 4. The zero-order chi connectivity index (χ0) is 18.1. The van der Waals surface area contributed by atoms with E-state index in [9.17, 15) is 4.79 Å². The highest BCUT2D eigenvalue weighted by atomic mass is 16.2. The third-order valence-corrected chi connectivity index (χ3v) is 5.77. The number of nitrogens with zero attached hydrogens (tertiary/aromatic N) is 6. The summed E-state index contributed by atoms with van der Waals surface area (Å²) >= 11 is 0. The topological polar surface area (TPSA) is 67.2 Å². The van der Waals surface area contributed by atoms with Crippen molar-refractivity contribution in [3.63, 3.8) is 0 Å². The van der Waals surface area contributed by atoms with Crippen molar-refractivity contribution in [1.82, 2.24) is 24.6 Å². The largest absolute Gasteiger partial charge is 0.341 e. The molecule has 2 aromatic heterocycles. The molecule has 2 aliphatic heterocycles. The van der Waals surface area contributed by atoms with Gasteiger partial charge in [0.25, 0.3) is 5.91 Å². The van der Waals surface area contributed by atoms with Crippen LogP contribution in [0.25, 0.3) is 0 Å². The number of anilines is 1. The van der Waals surface area contributed by atoms with Gasteiger partial charge in [-0.3, -0.25) is 9.48 Å². The van der Waals surface area contributed by atoms with Gasteiger partial charge in [0.2, 0.25) is 5.95 Å². The molecule has 2 aliphatic rings. The summed E-state index contributed by atoms with van der Waals surface area (Å²) in [6.45, 7) is 5.65. The van der Waals surface area contributed by atoms with Gasteiger partial charge in [0.15, 0.2) is 0 Å². The fourth-order valence-electron chi connectivity index (χ4n) is 4.35. The SMILES string of the molecule is Cc1cc(C(=O)N2CC[C@@H](C3CCN(c4ncccn4)CC3)C2)n(C)n1. The Balaban J connectivity index is 1.33. The van der Waals surface area contributed by atoms with Crippen LogP contribution in [0.5, 0.6) is 0 Å². The van der Waals surface area contributed by atoms with E-state index >= 15 is 0 Å². The quantitative estimate of drug-likeness (QED) is 0.842. The summed E-state index contributed by atoms with van der Waals surface area (Å²) in [7, 11) is 1.84. The van der Waals surface area contributed by atoms with E-state index in [0.29, 0.717) is 17.5 Å². The molecule has 26 heavy (non-hydrogen) atoms. The molecule has 0 radical (unpaired) electrons. The van der Waals surface area contributed by atoms with Crippen molar-refractivity contribution >= 4 is 11.9 Å². The van der Waals surface area contributed by atoms with E-state index in [2.05, 4.69) is 20.0 Å². The Labute approximate surface area is 154 Å². The predicted molar refractivity (Wildman–Crippen MR) is 98.9 cm³/mol. The fraction of sp³-hybridized carbons (Fsp3) is 0.579. The first-order valence-electron chi connectivity index (χ1n) is 9.43. The van der Waals surface area contributed by atoms with Gasteiger partial charge >= 0.3 is 0 Å². The van der Waals surface area contributed by atoms with Crippen molar-refractivity contribution in [3.05, 3.63) is 35.9 Å². The maximum absolute atomic E-state index is 12.8. The molecule has 2 fully saturated rings. The minimum absolute atomic E-state index is 0.116. The normalized spacial score (nSPS) is 21.4. The number of piperidine rings is 1. The van der Waals surface area contributed by atoms with E-state index in [-0.39, 0.29) is 5.91 Å². The van der Waals surface area contributed by atoms with Gasteiger partial charge < -0.3 is 9.80 Å². The van der Waals surface area contributed by atoms with Crippen LogP contribution in [0.1, 0.15) is 35.4 Å². The number of rotatable bonds is 3. The van der Waals surface area contributed by atoms with Crippen LogP contribution in [0.15, 0.2) is 24.5 Å². The van der Waals surface area contributed by atoms with Crippen LogP contribution in [0.2, 0.25) is 0 Å². The smallest absolute Gasteiger partial charge is 0.272 e. The van der Waals surface area contributed by atoms with E-state index in [1.54, 1.807) is 17.1 Å². The van der Waals surface area contributed by atoms with Gasteiger partial charge in [0.05, 0.1) is 5.69 Å². The average molecular weight is 354 g/mol. The van der Waals surface area contributed by atoms with Gasteiger partial charge in [-0.1, -0.05) is 0 Å². The Bertz CT molecular complexity index is 766. The molecular formula is C19H26N6O. The zero-order valence-electron chi connectivity index (χ0n) is 15.5. The molecule has 0 unspecified atom stereocenters. The third-order valence-electron chi connectivity index (χ3n) is 5.77. The molecule has 138 valence electrons.